The number of aliphatic hydroxyl groups excluding tert-OH is 1. The van der Waals surface area contributed by atoms with E-state index in [0.29, 0.717) is 11.3 Å². The van der Waals surface area contributed by atoms with E-state index in [0.717, 1.165) is 18.2 Å². The molecule has 1 aromatic heterocycles. The second-order valence-electron chi connectivity index (χ2n) is 4.02. The first-order valence-electron chi connectivity index (χ1n) is 5.23. The Morgan fingerprint density at radius 1 is 1.28 bits per heavy atom. The molecule has 0 fully saturated rings. The van der Waals surface area contributed by atoms with Crippen molar-refractivity contribution >= 4 is 11.6 Å². The highest BCUT2D eigenvalue weighted by atomic mass is 35.5. The van der Waals surface area contributed by atoms with Gasteiger partial charge in [-0.2, -0.15) is 5.10 Å². The van der Waals surface area contributed by atoms with Crippen molar-refractivity contribution in [3.63, 3.8) is 0 Å². The molecular weight excluding hydrogens is 262 g/mol. The molecule has 0 aliphatic heterocycles. The molecule has 0 saturated heterocycles. The predicted molar refractivity (Wildman–Crippen MR) is 63.4 cm³/mol. The molecule has 6 heteroatoms. The molecule has 1 atom stereocenters. The Labute approximate surface area is 108 Å². The first-order chi connectivity index (χ1) is 8.40. The Hall–Kier alpha value is -1.46. The third-order valence-corrected chi connectivity index (χ3v) is 3.12. The van der Waals surface area contributed by atoms with Crippen LogP contribution in [0.3, 0.4) is 0 Å². The number of nitrogens with zero attached hydrogens (tertiary/aromatic N) is 2. The van der Waals surface area contributed by atoms with E-state index in [9.17, 15) is 13.9 Å². The highest BCUT2D eigenvalue weighted by Crippen LogP contribution is 2.31. The highest BCUT2D eigenvalue weighted by Gasteiger charge is 2.21. The van der Waals surface area contributed by atoms with Gasteiger partial charge in [0.25, 0.3) is 0 Å². The largest absolute Gasteiger partial charge is 0.383 e. The smallest absolute Gasteiger partial charge is 0.133 e. The van der Waals surface area contributed by atoms with E-state index in [1.165, 1.54) is 4.68 Å². The van der Waals surface area contributed by atoms with Crippen molar-refractivity contribution in [3.05, 3.63) is 51.8 Å². The molecule has 1 aromatic carbocycles. The van der Waals surface area contributed by atoms with Crippen LogP contribution in [0.2, 0.25) is 5.15 Å². The van der Waals surface area contributed by atoms with Crippen molar-refractivity contribution in [1.29, 1.82) is 0 Å². The quantitative estimate of drug-likeness (QED) is 0.913. The topological polar surface area (TPSA) is 38.0 Å². The molecule has 0 amide bonds. The third kappa shape index (κ3) is 2.23. The molecule has 0 bridgehead atoms. The van der Waals surface area contributed by atoms with E-state index in [1.54, 1.807) is 14.0 Å². The molecule has 1 heterocycles. The Morgan fingerprint density at radius 2 is 1.83 bits per heavy atom. The van der Waals surface area contributed by atoms with Crippen molar-refractivity contribution in [2.45, 2.75) is 13.0 Å². The summed E-state index contributed by atoms with van der Waals surface area (Å²) in [5, 5.41) is 14.4. The number of benzene rings is 1. The summed E-state index contributed by atoms with van der Waals surface area (Å²) in [4.78, 5) is 0. The molecule has 1 unspecified atom stereocenters. The zero-order valence-corrected chi connectivity index (χ0v) is 10.5. The van der Waals surface area contributed by atoms with Gasteiger partial charge < -0.3 is 5.11 Å². The van der Waals surface area contributed by atoms with Crippen LogP contribution in [0.1, 0.15) is 22.9 Å². The lowest BCUT2D eigenvalue weighted by molar-refractivity contribution is 0.218. The van der Waals surface area contributed by atoms with Crippen molar-refractivity contribution in [1.82, 2.24) is 9.78 Å². The molecule has 0 radical (unpaired) electrons. The Bertz CT molecular complexity index is 578. The highest BCUT2D eigenvalue weighted by molar-refractivity contribution is 6.30. The van der Waals surface area contributed by atoms with Crippen molar-refractivity contribution < 1.29 is 13.9 Å². The summed E-state index contributed by atoms with van der Waals surface area (Å²) in [7, 11) is 1.62. The molecule has 2 rings (SSSR count). The van der Waals surface area contributed by atoms with Crippen LogP contribution in [-0.4, -0.2) is 14.9 Å². The summed E-state index contributed by atoms with van der Waals surface area (Å²) < 4.78 is 27.6. The standard InChI is InChI=1S/C12H11ClF2N2O/c1-6-10(12(13)17(2)16-6)11(18)7-3-8(14)5-9(15)4-7/h3-5,11,18H,1-2H3. The Kier molecular flexibility index (Phi) is 3.36. The SMILES string of the molecule is Cc1nn(C)c(Cl)c1C(O)c1cc(F)cc(F)c1. The summed E-state index contributed by atoms with van der Waals surface area (Å²) >= 11 is 5.99. The van der Waals surface area contributed by atoms with Gasteiger partial charge in [0.05, 0.1) is 5.69 Å². The number of halogens is 3. The second kappa shape index (κ2) is 4.66. The maximum Gasteiger partial charge on any atom is 0.133 e. The molecule has 0 aliphatic rings. The van der Waals surface area contributed by atoms with Crippen LogP contribution < -0.4 is 0 Å². The molecule has 96 valence electrons. The second-order valence-corrected chi connectivity index (χ2v) is 4.38. The maximum absolute atomic E-state index is 13.1. The van der Waals surface area contributed by atoms with E-state index in [2.05, 4.69) is 5.10 Å². The predicted octanol–water partition coefficient (Wildman–Crippen LogP) is 2.74. The van der Waals surface area contributed by atoms with Crippen LogP contribution in [0.15, 0.2) is 18.2 Å². The van der Waals surface area contributed by atoms with E-state index in [1.807, 2.05) is 0 Å². The van der Waals surface area contributed by atoms with Gasteiger partial charge in [0, 0.05) is 18.7 Å². The molecule has 0 saturated carbocycles. The monoisotopic (exact) mass is 272 g/mol. The van der Waals surface area contributed by atoms with Crippen molar-refractivity contribution in [2.24, 2.45) is 7.05 Å². The van der Waals surface area contributed by atoms with Gasteiger partial charge in [-0.3, -0.25) is 4.68 Å². The van der Waals surface area contributed by atoms with Crippen molar-refractivity contribution in [2.75, 3.05) is 0 Å². The molecule has 0 aliphatic carbocycles. The van der Waals surface area contributed by atoms with Gasteiger partial charge in [-0.1, -0.05) is 11.6 Å². The average molecular weight is 273 g/mol. The minimum atomic E-state index is -1.21. The summed E-state index contributed by atoms with van der Waals surface area (Å²) in [6.45, 7) is 1.67. The molecule has 2 aromatic rings. The van der Waals surface area contributed by atoms with Crippen LogP contribution in [-0.2, 0) is 7.05 Å². The number of rotatable bonds is 2. The van der Waals surface area contributed by atoms with Gasteiger partial charge in [0.15, 0.2) is 0 Å². The first kappa shape index (κ1) is 13.0. The molecule has 0 spiro atoms. The lowest BCUT2D eigenvalue weighted by atomic mass is 10.0. The van der Waals surface area contributed by atoms with Gasteiger partial charge >= 0.3 is 0 Å². The minimum Gasteiger partial charge on any atom is -0.383 e. The summed E-state index contributed by atoms with van der Waals surface area (Å²) in [5.74, 6) is -1.50. The van der Waals surface area contributed by atoms with Crippen LogP contribution in [0.5, 0.6) is 0 Å². The fourth-order valence-electron chi connectivity index (χ4n) is 1.86. The lowest BCUT2D eigenvalue weighted by Gasteiger charge is -2.11. The number of aryl methyl sites for hydroxylation is 2. The fraction of sp³-hybridized carbons (Fsp3) is 0.250. The van der Waals surface area contributed by atoms with Crippen LogP contribution >= 0.6 is 11.6 Å². The van der Waals surface area contributed by atoms with E-state index >= 15 is 0 Å². The van der Waals surface area contributed by atoms with E-state index in [4.69, 9.17) is 11.6 Å². The van der Waals surface area contributed by atoms with Gasteiger partial charge in [-0.05, 0) is 24.6 Å². The van der Waals surface area contributed by atoms with Crippen LogP contribution in [0.4, 0.5) is 8.78 Å². The number of aliphatic hydroxyl groups is 1. The molecule has 1 N–H and O–H groups in total. The zero-order valence-electron chi connectivity index (χ0n) is 9.78. The maximum atomic E-state index is 13.1. The van der Waals surface area contributed by atoms with Gasteiger partial charge in [0.2, 0.25) is 0 Å². The van der Waals surface area contributed by atoms with Crippen LogP contribution in [0, 0.1) is 18.6 Å². The third-order valence-electron chi connectivity index (χ3n) is 2.67. The van der Waals surface area contributed by atoms with Crippen molar-refractivity contribution in [3.8, 4) is 0 Å². The normalized spacial score (nSPS) is 12.8. The lowest BCUT2D eigenvalue weighted by Crippen LogP contribution is -2.02. The average Bonchev–Trinajstić information content (AvgIpc) is 2.51. The van der Waals surface area contributed by atoms with E-state index < -0.39 is 17.7 Å². The molecular formula is C12H11ClF2N2O. The molecule has 18 heavy (non-hydrogen) atoms. The Balaban J connectivity index is 2.50. The van der Waals surface area contributed by atoms with Gasteiger partial charge in [0.1, 0.15) is 22.9 Å². The number of aromatic nitrogens is 2. The first-order valence-corrected chi connectivity index (χ1v) is 5.61. The summed E-state index contributed by atoms with van der Waals surface area (Å²) in [6.07, 6.45) is -1.21. The zero-order chi connectivity index (χ0) is 13.4. The Morgan fingerprint density at radius 3 is 2.28 bits per heavy atom. The van der Waals surface area contributed by atoms with Gasteiger partial charge in [-0.15, -0.1) is 0 Å². The fourth-order valence-corrected chi connectivity index (χ4v) is 2.13. The summed E-state index contributed by atoms with van der Waals surface area (Å²) in [5.41, 5.74) is 0.967. The van der Waals surface area contributed by atoms with Gasteiger partial charge in [-0.25, -0.2) is 8.78 Å². The summed E-state index contributed by atoms with van der Waals surface area (Å²) in [6, 6.07) is 2.88. The number of hydrogen-bond acceptors (Lipinski definition) is 2. The van der Waals surface area contributed by atoms with Crippen LogP contribution in [0.25, 0.3) is 0 Å². The molecule has 3 nitrogen and oxygen atoms in total. The van der Waals surface area contributed by atoms with E-state index in [-0.39, 0.29) is 10.7 Å². The number of hydrogen-bond donors (Lipinski definition) is 1. The minimum absolute atomic E-state index is 0.102.